The highest BCUT2D eigenvalue weighted by Gasteiger charge is 2.02. The zero-order valence-electron chi connectivity index (χ0n) is 9.16. The van der Waals surface area contributed by atoms with E-state index in [-0.39, 0.29) is 12.4 Å². The molecule has 0 unspecified atom stereocenters. The molecule has 0 aliphatic heterocycles. The van der Waals surface area contributed by atoms with Crippen LogP contribution in [0.2, 0.25) is 0 Å². The van der Waals surface area contributed by atoms with E-state index < -0.39 is 0 Å². The van der Waals surface area contributed by atoms with Crippen molar-refractivity contribution < 1.29 is 9.90 Å². The van der Waals surface area contributed by atoms with Crippen LogP contribution in [0.25, 0.3) is 6.08 Å². The van der Waals surface area contributed by atoms with Gasteiger partial charge in [-0.25, -0.2) is 0 Å². The minimum Gasteiger partial charge on any atom is -0.396 e. The van der Waals surface area contributed by atoms with Gasteiger partial charge in [0, 0.05) is 12.2 Å². The van der Waals surface area contributed by atoms with E-state index in [1.54, 1.807) is 6.92 Å². The highest BCUT2D eigenvalue weighted by Crippen LogP contribution is 2.13. The molecule has 0 radical (unpaired) electrons. The fraction of sp³-hybridized carbons (Fsp3) is 0.308. The van der Waals surface area contributed by atoms with Crippen LogP contribution in [-0.4, -0.2) is 17.5 Å². The highest BCUT2D eigenvalue weighted by atomic mass is 16.2. The second-order valence-electron chi connectivity index (χ2n) is 3.55. The summed E-state index contributed by atoms with van der Waals surface area (Å²) in [4.78, 5) is 11.2. The van der Waals surface area contributed by atoms with Gasteiger partial charge < -0.3 is 5.11 Å². The standard InChI is InChI=1S/C13H16O2/c1-10-9-12(5-3-4-8-14)6-7-13(10)11(2)15/h3,5-7,9,14H,4,8H2,1-2H3. The summed E-state index contributed by atoms with van der Waals surface area (Å²) in [6, 6.07) is 5.73. The SMILES string of the molecule is CC(=O)c1ccc(C=CCCO)cc1C. The van der Waals surface area contributed by atoms with Crippen molar-refractivity contribution in [3.05, 3.63) is 41.0 Å². The third kappa shape index (κ3) is 3.33. The predicted molar refractivity (Wildman–Crippen MR) is 61.9 cm³/mol. The Morgan fingerprint density at radius 1 is 1.47 bits per heavy atom. The number of aliphatic hydroxyl groups is 1. The maximum Gasteiger partial charge on any atom is 0.160 e. The zero-order valence-corrected chi connectivity index (χ0v) is 9.16. The monoisotopic (exact) mass is 204 g/mol. The minimum absolute atomic E-state index is 0.0957. The number of hydrogen-bond acceptors (Lipinski definition) is 2. The molecule has 2 nitrogen and oxygen atoms in total. The van der Waals surface area contributed by atoms with Gasteiger partial charge in [0.15, 0.2) is 5.78 Å². The number of aryl methyl sites for hydroxylation is 1. The van der Waals surface area contributed by atoms with Crippen LogP contribution in [0.5, 0.6) is 0 Å². The molecule has 0 aromatic heterocycles. The molecule has 0 aliphatic carbocycles. The van der Waals surface area contributed by atoms with E-state index in [1.165, 1.54) is 0 Å². The quantitative estimate of drug-likeness (QED) is 0.765. The summed E-state index contributed by atoms with van der Waals surface area (Å²) >= 11 is 0. The number of benzene rings is 1. The fourth-order valence-electron chi connectivity index (χ4n) is 1.48. The first-order valence-electron chi connectivity index (χ1n) is 5.04. The van der Waals surface area contributed by atoms with Crippen molar-refractivity contribution in [2.75, 3.05) is 6.61 Å². The van der Waals surface area contributed by atoms with E-state index in [0.29, 0.717) is 6.42 Å². The fourth-order valence-corrected chi connectivity index (χ4v) is 1.48. The van der Waals surface area contributed by atoms with Gasteiger partial charge in [0.25, 0.3) is 0 Å². The van der Waals surface area contributed by atoms with Crippen molar-refractivity contribution in [3.8, 4) is 0 Å². The van der Waals surface area contributed by atoms with E-state index in [1.807, 2.05) is 37.3 Å². The second kappa shape index (κ2) is 5.47. The molecule has 1 N–H and O–H groups in total. The third-order valence-electron chi connectivity index (χ3n) is 2.24. The van der Waals surface area contributed by atoms with Gasteiger partial charge in [0.2, 0.25) is 0 Å². The Labute approximate surface area is 90.3 Å². The lowest BCUT2D eigenvalue weighted by molar-refractivity contribution is 0.101. The topological polar surface area (TPSA) is 37.3 Å². The van der Waals surface area contributed by atoms with Gasteiger partial charge in [0.1, 0.15) is 0 Å². The summed E-state index contributed by atoms with van der Waals surface area (Å²) in [5.41, 5.74) is 2.83. The van der Waals surface area contributed by atoms with E-state index in [2.05, 4.69) is 0 Å². The number of Topliss-reactive ketones (excluding diaryl/α,β-unsaturated/α-hetero) is 1. The number of hydrogen-bond donors (Lipinski definition) is 1. The van der Waals surface area contributed by atoms with Crippen LogP contribution < -0.4 is 0 Å². The molecule has 0 heterocycles. The molecule has 0 amide bonds. The van der Waals surface area contributed by atoms with Crippen LogP contribution in [-0.2, 0) is 0 Å². The number of rotatable bonds is 4. The van der Waals surface area contributed by atoms with Crippen molar-refractivity contribution in [2.24, 2.45) is 0 Å². The smallest absolute Gasteiger partial charge is 0.160 e. The zero-order chi connectivity index (χ0) is 11.3. The van der Waals surface area contributed by atoms with Gasteiger partial charge in [-0.05, 0) is 31.4 Å². The maximum absolute atomic E-state index is 11.2. The normalized spacial score (nSPS) is 10.9. The van der Waals surface area contributed by atoms with Crippen molar-refractivity contribution in [3.63, 3.8) is 0 Å². The number of ketones is 1. The Balaban J connectivity index is 2.87. The largest absolute Gasteiger partial charge is 0.396 e. The molecule has 15 heavy (non-hydrogen) atoms. The molecule has 80 valence electrons. The van der Waals surface area contributed by atoms with Gasteiger partial charge in [0.05, 0.1) is 0 Å². The summed E-state index contributed by atoms with van der Waals surface area (Å²) in [5, 5.41) is 8.62. The molecule has 0 spiro atoms. The first-order chi connectivity index (χ1) is 7.15. The molecule has 0 fully saturated rings. The number of aliphatic hydroxyl groups excluding tert-OH is 1. The highest BCUT2D eigenvalue weighted by molar-refractivity contribution is 5.95. The van der Waals surface area contributed by atoms with E-state index in [9.17, 15) is 4.79 Å². The van der Waals surface area contributed by atoms with Gasteiger partial charge in [-0.15, -0.1) is 0 Å². The predicted octanol–water partition coefficient (Wildman–Crippen LogP) is 2.59. The first-order valence-corrected chi connectivity index (χ1v) is 5.04. The Kier molecular flexibility index (Phi) is 4.25. The lowest BCUT2D eigenvalue weighted by Crippen LogP contribution is -1.95. The molecule has 0 bridgehead atoms. The van der Waals surface area contributed by atoms with Gasteiger partial charge in [-0.2, -0.15) is 0 Å². The minimum atomic E-state index is 0.0957. The molecule has 1 aromatic carbocycles. The maximum atomic E-state index is 11.2. The molecule has 1 aromatic rings. The Hall–Kier alpha value is -1.41. The Morgan fingerprint density at radius 2 is 2.20 bits per heavy atom. The Bertz CT molecular complexity index is 378. The van der Waals surface area contributed by atoms with Crippen molar-refractivity contribution in [1.29, 1.82) is 0 Å². The van der Waals surface area contributed by atoms with Crippen molar-refractivity contribution in [1.82, 2.24) is 0 Å². The second-order valence-corrected chi connectivity index (χ2v) is 3.55. The van der Waals surface area contributed by atoms with Crippen molar-refractivity contribution in [2.45, 2.75) is 20.3 Å². The van der Waals surface area contributed by atoms with E-state index in [0.717, 1.165) is 16.7 Å². The van der Waals surface area contributed by atoms with Gasteiger partial charge in [-0.3, -0.25) is 4.79 Å². The van der Waals surface area contributed by atoms with Gasteiger partial charge >= 0.3 is 0 Å². The van der Waals surface area contributed by atoms with Crippen LogP contribution in [0.3, 0.4) is 0 Å². The van der Waals surface area contributed by atoms with Crippen LogP contribution >= 0.6 is 0 Å². The number of carbonyl (C=O) groups is 1. The number of carbonyl (C=O) groups excluding carboxylic acids is 1. The van der Waals surface area contributed by atoms with Crippen molar-refractivity contribution >= 4 is 11.9 Å². The van der Waals surface area contributed by atoms with Crippen LogP contribution in [0.1, 0.15) is 34.8 Å². The lowest BCUT2D eigenvalue weighted by atomic mass is 10.0. The first kappa shape index (κ1) is 11.7. The van der Waals surface area contributed by atoms with Crippen LogP contribution in [0.4, 0.5) is 0 Å². The summed E-state index contributed by atoms with van der Waals surface area (Å²) in [7, 11) is 0. The Morgan fingerprint density at radius 3 is 2.73 bits per heavy atom. The average Bonchev–Trinajstić information content (AvgIpc) is 2.17. The van der Waals surface area contributed by atoms with E-state index >= 15 is 0 Å². The van der Waals surface area contributed by atoms with Crippen LogP contribution in [0.15, 0.2) is 24.3 Å². The molecule has 0 saturated carbocycles. The molecule has 2 heteroatoms. The third-order valence-corrected chi connectivity index (χ3v) is 2.24. The molecule has 0 atom stereocenters. The average molecular weight is 204 g/mol. The summed E-state index contributed by atoms with van der Waals surface area (Å²) < 4.78 is 0. The molecular formula is C13H16O2. The molecule has 1 rings (SSSR count). The molecule has 0 saturated heterocycles. The van der Waals surface area contributed by atoms with E-state index in [4.69, 9.17) is 5.11 Å². The molecule has 0 aliphatic rings. The van der Waals surface area contributed by atoms with Crippen LogP contribution in [0, 0.1) is 6.92 Å². The molecular weight excluding hydrogens is 188 g/mol. The summed E-state index contributed by atoms with van der Waals surface area (Å²) in [5.74, 6) is 0.0957. The summed E-state index contributed by atoms with van der Waals surface area (Å²) in [6.07, 6.45) is 4.53. The summed E-state index contributed by atoms with van der Waals surface area (Å²) in [6.45, 7) is 3.67. The van der Waals surface area contributed by atoms with Gasteiger partial charge in [-0.1, -0.05) is 30.4 Å². The lowest BCUT2D eigenvalue weighted by Gasteiger charge is -2.02.